The average molecular weight is 284 g/mol. The first-order valence-corrected chi connectivity index (χ1v) is 7.42. The molecule has 0 spiro atoms. The molecule has 1 atom stereocenters. The van der Waals surface area contributed by atoms with E-state index in [1.165, 1.54) is 22.5 Å². The highest BCUT2D eigenvalue weighted by Crippen LogP contribution is 2.28. The standard InChI is InChI=1S/C12H16N2O4S/c1-8-3-2-6-14(8)19(17,18)11-5-4-9(13)7-10(11)12(15)16/h4-5,7-8H,2-3,6,13H2,1H3,(H,15,16). The van der Waals surface area contributed by atoms with Crippen LogP contribution < -0.4 is 5.73 Å². The van der Waals surface area contributed by atoms with Crippen LogP contribution in [0.5, 0.6) is 0 Å². The molecule has 0 aliphatic carbocycles. The Morgan fingerprint density at radius 2 is 2.16 bits per heavy atom. The molecule has 1 unspecified atom stereocenters. The lowest BCUT2D eigenvalue weighted by atomic mass is 10.2. The molecule has 104 valence electrons. The minimum atomic E-state index is -3.78. The number of nitrogens with two attached hydrogens (primary N) is 1. The van der Waals surface area contributed by atoms with Crippen LogP contribution in [0.15, 0.2) is 23.1 Å². The normalized spacial score (nSPS) is 20.6. The van der Waals surface area contributed by atoms with Gasteiger partial charge in [-0.1, -0.05) is 0 Å². The molecule has 1 aromatic carbocycles. The second kappa shape index (κ2) is 4.82. The Kier molecular flexibility index (Phi) is 3.51. The molecule has 1 aromatic rings. The third-order valence-electron chi connectivity index (χ3n) is 3.31. The number of rotatable bonds is 3. The van der Waals surface area contributed by atoms with Gasteiger partial charge in [-0.25, -0.2) is 13.2 Å². The highest BCUT2D eigenvalue weighted by molar-refractivity contribution is 7.89. The van der Waals surface area contributed by atoms with Crippen LogP contribution in [0.25, 0.3) is 0 Å². The molecular formula is C12H16N2O4S. The molecule has 1 aliphatic rings. The molecule has 1 saturated heterocycles. The number of nitrogens with zero attached hydrogens (tertiary/aromatic N) is 1. The lowest BCUT2D eigenvalue weighted by molar-refractivity contribution is 0.0692. The Hall–Kier alpha value is -1.60. The maximum absolute atomic E-state index is 12.5. The molecule has 3 N–H and O–H groups in total. The third-order valence-corrected chi connectivity index (χ3v) is 5.38. The summed E-state index contributed by atoms with van der Waals surface area (Å²) in [6, 6.07) is 3.74. The van der Waals surface area contributed by atoms with Crippen molar-refractivity contribution >= 4 is 21.7 Å². The lowest BCUT2D eigenvalue weighted by Crippen LogP contribution is -2.34. The van der Waals surface area contributed by atoms with E-state index in [1.807, 2.05) is 6.92 Å². The van der Waals surface area contributed by atoms with Gasteiger partial charge in [-0.3, -0.25) is 0 Å². The third kappa shape index (κ3) is 2.43. The summed E-state index contributed by atoms with van der Waals surface area (Å²) in [5.74, 6) is -1.29. The van der Waals surface area contributed by atoms with E-state index >= 15 is 0 Å². The summed E-state index contributed by atoms with van der Waals surface area (Å²) in [6.45, 7) is 2.25. The molecule has 0 amide bonds. The SMILES string of the molecule is CC1CCCN1S(=O)(=O)c1ccc(N)cc1C(=O)O. The summed E-state index contributed by atoms with van der Waals surface area (Å²) in [6.07, 6.45) is 1.58. The van der Waals surface area contributed by atoms with Gasteiger partial charge in [0.15, 0.2) is 0 Å². The van der Waals surface area contributed by atoms with Gasteiger partial charge in [-0.05, 0) is 38.0 Å². The molecular weight excluding hydrogens is 268 g/mol. The van der Waals surface area contributed by atoms with Gasteiger partial charge in [0.1, 0.15) is 0 Å². The van der Waals surface area contributed by atoms with E-state index < -0.39 is 16.0 Å². The van der Waals surface area contributed by atoms with Crippen LogP contribution >= 0.6 is 0 Å². The summed E-state index contributed by atoms with van der Waals surface area (Å²) < 4.78 is 26.4. The number of carboxylic acids is 1. The van der Waals surface area contributed by atoms with Crippen LogP contribution in [0.2, 0.25) is 0 Å². The summed E-state index contributed by atoms with van der Waals surface area (Å²) in [7, 11) is -3.78. The van der Waals surface area contributed by atoms with E-state index in [0.29, 0.717) is 6.54 Å². The van der Waals surface area contributed by atoms with E-state index in [9.17, 15) is 13.2 Å². The van der Waals surface area contributed by atoms with Gasteiger partial charge in [0.25, 0.3) is 0 Å². The average Bonchev–Trinajstić information content (AvgIpc) is 2.75. The fourth-order valence-corrected chi connectivity index (χ4v) is 4.20. The van der Waals surface area contributed by atoms with Gasteiger partial charge >= 0.3 is 5.97 Å². The van der Waals surface area contributed by atoms with Crippen molar-refractivity contribution in [2.24, 2.45) is 0 Å². The number of hydrogen-bond donors (Lipinski definition) is 2. The molecule has 19 heavy (non-hydrogen) atoms. The van der Waals surface area contributed by atoms with E-state index in [2.05, 4.69) is 0 Å². The molecule has 0 radical (unpaired) electrons. The van der Waals surface area contributed by atoms with Crippen molar-refractivity contribution < 1.29 is 18.3 Å². The van der Waals surface area contributed by atoms with Gasteiger partial charge in [-0.2, -0.15) is 4.31 Å². The largest absolute Gasteiger partial charge is 0.478 e. The number of anilines is 1. The Morgan fingerprint density at radius 3 is 2.68 bits per heavy atom. The zero-order valence-corrected chi connectivity index (χ0v) is 11.4. The van der Waals surface area contributed by atoms with Crippen molar-refractivity contribution in [3.05, 3.63) is 23.8 Å². The summed E-state index contributed by atoms with van der Waals surface area (Å²) >= 11 is 0. The second-order valence-corrected chi connectivity index (χ2v) is 6.53. The molecule has 0 saturated carbocycles. The first-order valence-electron chi connectivity index (χ1n) is 5.98. The number of hydrogen-bond acceptors (Lipinski definition) is 4. The molecule has 2 rings (SSSR count). The van der Waals surface area contributed by atoms with Crippen LogP contribution in [-0.4, -0.2) is 36.4 Å². The van der Waals surface area contributed by atoms with Crippen molar-refractivity contribution in [2.75, 3.05) is 12.3 Å². The van der Waals surface area contributed by atoms with Crippen LogP contribution in [0.4, 0.5) is 5.69 Å². The van der Waals surface area contributed by atoms with E-state index in [0.717, 1.165) is 12.8 Å². The maximum atomic E-state index is 12.5. The fourth-order valence-electron chi connectivity index (χ4n) is 2.33. The summed E-state index contributed by atoms with van der Waals surface area (Å²) in [5, 5.41) is 9.12. The molecule has 0 aromatic heterocycles. The Bertz CT molecular complexity index is 612. The predicted octanol–water partition coefficient (Wildman–Crippen LogP) is 1.14. The predicted molar refractivity (Wildman–Crippen MR) is 70.4 cm³/mol. The molecule has 1 aliphatic heterocycles. The first-order chi connectivity index (χ1) is 8.84. The number of sulfonamides is 1. The first kappa shape index (κ1) is 13.8. The smallest absolute Gasteiger partial charge is 0.337 e. The van der Waals surface area contributed by atoms with Crippen molar-refractivity contribution in [3.63, 3.8) is 0 Å². The minimum absolute atomic E-state index is 0.107. The fraction of sp³-hybridized carbons (Fsp3) is 0.417. The molecule has 0 bridgehead atoms. The minimum Gasteiger partial charge on any atom is -0.478 e. The van der Waals surface area contributed by atoms with Crippen molar-refractivity contribution in [1.29, 1.82) is 0 Å². The van der Waals surface area contributed by atoms with Gasteiger partial charge in [0, 0.05) is 18.3 Å². The zero-order valence-electron chi connectivity index (χ0n) is 10.5. The monoisotopic (exact) mass is 284 g/mol. The number of carbonyl (C=O) groups is 1. The maximum Gasteiger partial charge on any atom is 0.337 e. The van der Waals surface area contributed by atoms with Gasteiger partial charge in [0.2, 0.25) is 10.0 Å². The zero-order chi connectivity index (χ0) is 14.2. The van der Waals surface area contributed by atoms with Crippen LogP contribution in [0.1, 0.15) is 30.1 Å². The Labute approximate surface area is 111 Å². The van der Waals surface area contributed by atoms with Crippen molar-refractivity contribution in [3.8, 4) is 0 Å². The van der Waals surface area contributed by atoms with Crippen molar-refractivity contribution in [2.45, 2.75) is 30.7 Å². The molecule has 6 nitrogen and oxygen atoms in total. The van der Waals surface area contributed by atoms with Gasteiger partial charge in [-0.15, -0.1) is 0 Å². The topological polar surface area (TPSA) is 101 Å². The number of benzene rings is 1. The number of aromatic carboxylic acids is 1. The van der Waals surface area contributed by atoms with E-state index in [4.69, 9.17) is 10.8 Å². The van der Waals surface area contributed by atoms with E-state index in [1.54, 1.807) is 0 Å². The molecule has 7 heteroatoms. The quantitative estimate of drug-likeness (QED) is 0.811. The van der Waals surface area contributed by atoms with Crippen LogP contribution in [-0.2, 0) is 10.0 Å². The van der Waals surface area contributed by atoms with Crippen LogP contribution in [0, 0.1) is 0 Å². The van der Waals surface area contributed by atoms with Crippen molar-refractivity contribution in [1.82, 2.24) is 4.31 Å². The Balaban J connectivity index is 2.55. The second-order valence-electron chi connectivity index (χ2n) is 4.67. The highest BCUT2D eigenvalue weighted by atomic mass is 32.2. The number of carboxylic acid groups (broad SMARTS) is 1. The van der Waals surface area contributed by atoms with E-state index in [-0.39, 0.29) is 22.2 Å². The summed E-state index contributed by atoms with van der Waals surface area (Å²) in [5.41, 5.74) is 5.47. The van der Waals surface area contributed by atoms with Gasteiger partial charge < -0.3 is 10.8 Å². The number of nitrogen functional groups attached to an aromatic ring is 1. The van der Waals surface area contributed by atoms with Crippen LogP contribution in [0.3, 0.4) is 0 Å². The lowest BCUT2D eigenvalue weighted by Gasteiger charge is -2.21. The highest BCUT2D eigenvalue weighted by Gasteiger charge is 2.35. The summed E-state index contributed by atoms with van der Waals surface area (Å²) in [4.78, 5) is 11.0. The van der Waals surface area contributed by atoms with Gasteiger partial charge in [0.05, 0.1) is 10.5 Å². The molecule has 1 fully saturated rings. The molecule has 1 heterocycles. The Morgan fingerprint density at radius 1 is 1.47 bits per heavy atom.